The van der Waals surface area contributed by atoms with Crippen molar-refractivity contribution in [3.63, 3.8) is 0 Å². The molecule has 2 rings (SSSR count). The van der Waals surface area contributed by atoms with Gasteiger partial charge in [-0.15, -0.1) is 12.4 Å². The van der Waals surface area contributed by atoms with Gasteiger partial charge in [-0.2, -0.15) is 4.98 Å². The molecular weight excluding hydrogens is 268 g/mol. The van der Waals surface area contributed by atoms with E-state index in [9.17, 15) is 4.79 Å². The Kier molecular flexibility index (Phi) is 4.88. The van der Waals surface area contributed by atoms with Crippen LogP contribution in [0.3, 0.4) is 0 Å². The van der Waals surface area contributed by atoms with Crippen LogP contribution >= 0.6 is 12.4 Å². The van der Waals surface area contributed by atoms with Gasteiger partial charge in [0, 0.05) is 18.3 Å². The monoisotopic (exact) mass is 282 g/mol. The number of hydrogen-bond donors (Lipinski definition) is 2. The highest BCUT2D eigenvalue weighted by Gasteiger charge is 2.13. The maximum Gasteiger partial charge on any atom is 0.258 e. The highest BCUT2D eigenvalue weighted by Crippen LogP contribution is 2.23. The van der Waals surface area contributed by atoms with Crippen molar-refractivity contribution in [2.45, 2.75) is 13.3 Å². The highest BCUT2D eigenvalue weighted by molar-refractivity contribution is 5.85. The van der Waals surface area contributed by atoms with Crippen LogP contribution in [0.2, 0.25) is 0 Å². The second-order valence-corrected chi connectivity index (χ2v) is 3.94. The number of aromatic nitrogens is 2. The molecule has 102 valence electrons. The van der Waals surface area contributed by atoms with Gasteiger partial charge in [-0.05, 0) is 24.6 Å². The summed E-state index contributed by atoms with van der Waals surface area (Å²) in [6, 6.07) is 5.46. The van der Waals surface area contributed by atoms with Crippen molar-refractivity contribution in [2.24, 2.45) is 0 Å². The molecule has 0 saturated heterocycles. The van der Waals surface area contributed by atoms with Crippen LogP contribution in [-0.4, -0.2) is 23.1 Å². The maximum absolute atomic E-state index is 11.2. The van der Waals surface area contributed by atoms with E-state index in [1.807, 2.05) is 13.0 Å². The van der Waals surface area contributed by atoms with Gasteiger partial charge in [0.05, 0.1) is 6.42 Å². The molecule has 0 fully saturated rings. The predicted octanol–water partition coefficient (Wildman–Crippen LogP) is 1.34. The summed E-state index contributed by atoms with van der Waals surface area (Å²) in [5.41, 5.74) is 8.11. The quantitative estimate of drug-likeness (QED) is 0.829. The number of aryl methyl sites for hydroxylation is 1. The number of hydrogen-bond acceptors (Lipinski definition) is 5. The van der Waals surface area contributed by atoms with E-state index in [-0.39, 0.29) is 24.7 Å². The predicted molar refractivity (Wildman–Crippen MR) is 73.9 cm³/mol. The molecule has 0 aliphatic rings. The second-order valence-electron chi connectivity index (χ2n) is 3.94. The van der Waals surface area contributed by atoms with Crippen LogP contribution in [0.5, 0.6) is 0 Å². The molecule has 0 saturated carbocycles. The van der Waals surface area contributed by atoms with Gasteiger partial charge in [-0.25, -0.2) is 0 Å². The summed E-state index contributed by atoms with van der Waals surface area (Å²) < 4.78 is 5.14. The average molecular weight is 283 g/mol. The number of likely N-dealkylation sites (N-methyl/N-ethyl adjacent to an activating group) is 1. The largest absolute Gasteiger partial charge is 0.399 e. The molecule has 0 atom stereocenters. The van der Waals surface area contributed by atoms with Crippen LogP contribution in [0, 0.1) is 6.92 Å². The molecule has 0 bridgehead atoms. The van der Waals surface area contributed by atoms with Gasteiger partial charge in [0.25, 0.3) is 5.89 Å². The number of amides is 1. The zero-order valence-electron chi connectivity index (χ0n) is 10.6. The Balaban J connectivity index is 0.00000180. The summed E-state index contributed by atoms with van der Waals surface area (Å²) >= 11 is 0. The van der Waals surface area contributed by atoms with Gasteiger partial charge < -0.3 is 15.6 Å². The van der Waals surface area contributed by atoms with E-state index in [1.54, 1.807) is 19.2 Å². The van der Waals surface area contributed by atoms with E-state index < -0.39 is 0 Å². The average Bonchev–Trinajstić information content (AvgIpc) is 2.80. The molecule has 0 aliphatic carbocycles. The third-order valence-corrected chi connectivity index (χ3v) is 2.56. The third-order valence-electron chi connectivity index (χ3n) is 2.56. The lowest BCUT2D eigenvalue weighted by Crippen LogP contribution is -2.20. The summed E-state index contributed by atoms with van der Waals surface area (Å²) in [5.74, 6) is 0.566. The van der Waals surface area contributed by atoms with Crippen LogP contribution in [0.15, 0.2) is 22.7 Å². The Morgan fingerprint density at radius 3 is 2.89 bits per heavy atom. The van der Waals surface area contributed by atoms with Crippen LogP contribution in [0.4, 0.5) is 5.69 Å². The lowest BCUT2D eigenvalue weighted by molar-refractivity contribution is -0.120. The van der Waals surface area contributed by atoms with E-state index in [2.05, 4.69) is 15.5 Å². The van der Waals surface area contributed by atoms with Crippen molar-refractivity contribution in [1.29, 1.82) is 0 Å². The number of nitrogen functional groups attached to an aromatic ring is 1. The van der Waals surface area contributed by atoms with Gasteiger partial charge in [0.15, 0.2) is 5.82 Å². The fraction of sp³-hybridized carbons (Fsp3) is 0.250. The Morgan fingerprint density at radius 1 is 1.47 bits per heavy atom. The van der Waals surface area contributed by atoms with E-state index in [4.69, 9.17) is 10.3 Å². The Bertz CT molecular complexity index is 583. The number of halogens is 1. The normalized spacial score (nSPS) is 9.79. The maximum atomic E-state index is 11.2. The molecule has 6 nitrogen and oxygen atoms in total. The first-order valence-corrected chi connectivity index (χ1v) is 5.50. The minimum Gasteiger partial charge on any atom is -0.399 e. The molecule has 0 radical (unpaired) electrons. The number of nitrogens with zero attached hydrogens (tertiary/aromatic N) is 2. The topological polar surface area (TPSA) is 94.0 Å². The first kappa shape index (κ1) is 15.0. The van der Waals surface area contributed by atoms with Crippen molar-refractivity contribution < 1.29 is 9.32 Å². The first-order valence-electron chi connectivity index (χ1n) is 5.50. The number of anilines is 1. The summed E-state index contributed by atoms with van der Waals surface area (Å²) in [5, 5.41) is 6.27. The third kappa shape index (κ3) is 3.45. The molecule has 1 amide bonds. The smallest absolute Gasteiger partial charge is 0.258 e. The molecule has 1 aromatic heterocycles. The van der Waals surface area contributed by atoms with Crippen molar-refractivity contribution in [3.05, 3.63) is 29.6 Å². The number of rotatable bonds is 3. The molecule has 0 spiro atoms. The molecule has 3 N–H and O–H groups in total. The molecular formula is C12H15ClN4O2. The number of carbonyl (C=O) groups excluding carboxylic acids is 1. The van der Waals surface area contributed by atoms with Gasteiger partial charge in [0.1, 0.15) is 0 Å². The van der Waals surface area contributed by atoms with Crippen molar-refractivity contribution in [1.82, 2.24) is 15.5 Å². The van der Waals surface area contributed by atoms with Crippen LogP contribution in [-0.2, 0) is 11.2 Å². The number of nitrogens with two attached hydrogens (primary N) is 1. The lowest BCUT2D eigenvalue weighted by atomic mass is 10.1. The SMILES string of the molecule is CNC(=O)Cc1noc(-c2cc(N)ccc2C)n1.Cl. The summed E-state index contributed by atoms with van der Waals surface area (Å²) in [7, 11) is 1.56. The van der Waals surface area contributed by atoms with E-state index in [1.165, 1.54) is 0 Å². The van der Waals surface area contributed by atoms with Crippen LogP contribution in [0.25, 0.3) is 11.5 Å². The van der Waals surface area contributed by atoms with E-state index in [0.29, 0.717) is 17.4 Å². The van der Waals surface area contributed by atoms with E-state index in [0.717, 1.165) is 11.1 Å². The molecule has 1 heterocycles. The zero-order chi connectivity index (χ0) is 13.1. The zero-order valence-corrected chi connectivity index (χ0v) is 11.5. The highest BCUT2D eigenvalue weighted by atomic mass is 35.5. The number of benzene rings is 1. The Morgan fingerprint density at radius 2 is 2.21 bits per heavy atom. The van der Waals surface area contributed by atoms with Gasteiger partial charge in [-0.3, -0.25) is 4.79 Å². The molecule has 7 heteroatoms. The molecule has 2 aromatic rings. The Hall–Kier alpha value is -2.08. The van der Waals surface area contributed by atoms with Gasteiger partial charge >= 0.3 is 0 Å². The van der Waals surface area contributed by atoms with Crippen LogP contribution in [0.1, 0.15) is 11.4 Å². The standard InChI is InChI=1S/C12H14N4O2.ClH/c1-7-3-4-8(13)5-9(7)12-15-10(16-18-12)6-11(17)14-2;/h3-5H,6,13H2,1-2H3,(H,14,17);1H. The minimum absolute atomic E-state index is 0. The number of nitrogens with one attached hydrogen (secondary N) is 1. The van der Waals surface area contributed by atoms with Crippen molar-refractivity contribution in [3.8, 4) is 11.5 Å². The minimum atomic E-state index is -0.161. The molecule has 1 aromatic carbocycles. The molecule has 0 unspecified atom stereocenters. The van der Waals surface area contributed by atoms with Crippen molar-refractivity contribution >= 4 is 24.0 Å². The summed E-state index contributed by atoms with van der Waals surface area (Å²) in [4.78, 5) is 15.4. The van der Waals surface area contributed by atoms with Gasteiger partial charge in [0.2, 0.25) is 5.91 Å². The van der Waals surface area contributed by atoms with Crippen molar-refractivity contribution in [2.75, 3.05) is 12.8 Å². The molecule has 0 aliphatic heterocycles. The fourth-order valence-electron chi connectivity index (χ4n) is 1.54. The van der Waals surface area contributed by atoms with E-state index >= 15 is 0 Å². The fourth-order valence-corrected chi connectivity index (χ4v) is 1.54. The molecule has 19 heavy (non-hydrogen) atoms. The van der Waals surface area contributed by atoms with Crippen LogP contribution < -0.4 is 11.1 Å². The first-order chi connectivity index (χ1) is 8.60. The summed E-state index contributed by atoms with van der Waals surface area (Å²) in [6.45, 7) is 1.93. The summed E-state index contributed by atoms with van der Waals surface area (Å²) in [6.07, 6.45) is 0.0986. The Labute approximate surface area is 116 Å². The van der Waals surface area contributed by atoms with Gasteiger partial charge in [-0.1, -0.05) is 11.2 Å². The lowest BCUT2D eigenvalue weighted by Gasteiger charge is -2.01. The number of carbonyl (C=O) groups is 1. The second kappa shape index (κ2) is 6.19.